The summed E-state index contributed by atoms with van der Waals surface area (Å²) in [6, 6.07) is -1.28. The lowest BCUT2D eigenvalue weighted by Gasteiger charge is -2.38. The van der Waals surface area contributed by atoms with Crippen LogP contribution in [0.2, 0.25) is 0 Å². The first-order chi connectivity index (χ1) is 12.2. The molecule has 2 heterocycles. The van der Waals surface area contributed by atoms with Crippen molar-refractivity contribution in [2.45, 2.75) is 88.0 Å². The fraction of sp³-hybridized carbons (Fsp3) is 0.882. The van der Waals surface area contributed by atoms with Gasteiger partial charge in [-0.25, -0.2) is 0 Å². The number of fused-ring (bicyclic) bond motifs is 1. The summed E-state index contributed by atoms with van der Waals surface area (Å²) < 4.78 is 17.3. The van der Waals surface area contributed by atoms with Crippen LogP contribution in [-0.4, -0.2) is 92.9 Å². The topological polar surface area (TPSA) is 141 Å². The molecule has 0 radical (unpaired) electrons. The van der Waals surface area contributed by atoms with Gasteiger partial charge in [-0.15, -0.1) is 0 Å². The Bertz CT molecular complexity index is 541. The van der Waals surface area contributed by atoms with E-state index in [1.54, 1.807) is 19.9 Å². The van der Waals surface area contributed by atoms with Crippen LogP contribution in [0.5, 0.6) is 0 Å². The molecule has 0 spiro atoms. The Balaban J connectivity index is 1.83. The minimum atomic E-state index is -1.33. The molecule has 9 nitrogen and oxygen atoms in total. The first-order valence-corrected chi connectivity index (χ1v) is 8.99. The summed E-state index contributed by atoms with van der Waals surface area (Å²) in [7, 11) is 0. The largest absolute Gasteiger partial charge is 0.394 e. The first kappa shape index (κ1) is 20.1. The summed E-state index contributed by atoms with van der Waals surface area (Å²) in [5, 5.41) is 53.1. The Morgan fingerprint density at radius 1 is 1.19 bits per heavy atom. The fourth-order valence-corrected chi connectivity index (χ4v) is 3.90. The van der Waals surface area contributed by atoms with Crippen LogP contribution in [0.4, 0.5) is 0 Å². The van der Waals surface area contributed by atoms with Gasteiger partial charge in [0, 0.05) is 0 Å². The average molecular weight is 375 g/mol. The van der Waals surface area contributed by atoms with Crippen LogP contribution in [-0.2, 0) is 14.2 Å². The van der Waals surface area contributed by atoms with E-state index in [1.165, 1.54) is 0 Å². The van der Waals surface area contributed by atoms with Crippen LogP contribution in [0, 0.1) is 0 Å². The van der Waals surface area contributed by atoms with E-state index in [0.29, 0.717) is 12.0 Å². The van der Waals surface area contributed by atoms with Crippen molar-refractivity contribution in [2.75, 3.05) is 6.61 Å². The Morgan fingerprint density at radius 3 is 2.50 bits per heavy atom. The summed E-state index contributed by atoms with van der Waals surface area (Å²) in [5.41, 5.74) is 0.610. The molecular weight excluding hydrogens is 346 g/mol. The maximum atomic E-state index is 10.4. The molecule has 0 saturated carbocycles. The van der Waals surface area contributed by atoms with E-state index in [9.17, 15) is 25.5 Å². The summed E-state index contributed by atoms with van der Waals surface area (Å²) in [5.74, 6) is -0.865. The Morgan fingerprint density at radius 2 is 1.88 bits per heavy atom. The van der Waals surface area contributed by atoms with Gasteiger partial charge in [-0.3, -0.25) is 0 Å². The van der Waals surface area contributed by atoms with E-state index in [-0.39, 0.29) is 0 Å². The normalized spacial score (nSPS) is 46.1. The maximum absolute atomic E-state index is 10.4. The Kier molecular flexibility index (Phi) is 5.74. The quantitative estimate of drug-likeness (QED) is 0.300. The van der Waals surface area contributed by atoms with Crippen molar-refractivity contribution in [1.82, 2.24) is 5.32 Å². The van der Waals surface area contributed by atoms with Crippen LogP contribution in [0.1, 0.15) is 27.2 Å². The van der Waals surface area contributed by atoms with Gasteiger partial charge in [0.2, 0.25) is 0 Å². The monoisotopic (exact) mass is 375 g/mol. The smallest absolute Gasteiger partial charge is 0.189 e. The lowest BCUT2D eigenvalue weighted by atomic mass is 9.86. The minimum Gasteiger partial charge on any atom is -0.394 e. The van der Waals surface area contributed by atoms with Gasteiger partial charge in [-0.1, -0.05) is 13.0 Å². The van der Waals surface area contributed by atoms with Crippen molar-refractivity contribution in [3.63, 3.8) is 0 Å². The molecule has 0 aromatic carbocycles. The van der Waals surface area contributed by atoms with E-state index < -0.39 is 67.4 Å². The second kappa shape index (κ2) is 7.42. The summed E-state index contributed by atoms with van der Waals surface area (Å²) >= 11 is 0. The SMILES string of the molecule is CCC1=CC(NC2C(C(O)CO)OC3OC(C)(C)OC32)C(O)C(O)C1O. The predicted octanol–water partition coefficient (Wildman–Crippen LogP) is -2.02. The van der Waals surface area contributed by atoms with Crippen LogP contribution in [0.15, 0.2) is 11.6 Å². The fourth-order valence-electron chi connectivity index (χ4n) is 3.90. The highest BCUT2D eigenvalue weighted by molar-refractivity contribution is 5.22. The van der Waals surface area contributed by atoms with Gasteiger partial charge in [0.1, 0.15) is 36.6 Å². The molecule has 3 aliphatic rings. The van der Waals surface area contributed by atoms with E-state index in [1.807, 2.05) is 6.92 Å². The highest BCUT2D eigenvalue weighted by atomic mass is 16.8. The number of nitrogens with one attached hydrogen (secondary N) is 1. The van der Waals surface area contributed by atoms with Gasteiger partial charge in [-0.05, 0) is 25.8 Å². The number of hydrogen-bond acceptors (Lipinski definition) is 9. The molecule has 0 aromatic heterocycles. The second-order valence-corrected chi connectivity index (χ2v) is 7.56. The highest BCUT2D eigenvalue weighted by Crippen LogP contribution is 2.39. The number of hydrogen-bond donors (Lipinski definition) is 6. The van der Waals surface area contributed by atoms with Crippen molar-refractivity contribution < 1.29 is 39.7 Å². The van der Waals surface area contributed by atoms with E-state index >= 15 is 0 Å². The number of aliphatic hydroxyl groups excluding tert-OH is 5. The van der Waals surface area contributed by atoms with Gasteiger partial charge < -0.3 is 45.1 Å². The van der Waals surface area contributed by atoms with Crippen LogP contribution < -0.4 is 5.32 Å². The zero-order chi connectivity index (χ0) is 19.2. The third kappa shape index (κ3) is 3.56. The average Bonchev–Trinajstić information content (AvgIpc) is 3.07. The van der Waals surface area contributed by atoms with Crippen molar-refractivity contribution >= 4 is 0 Å². The lowest BCUT2D eigenvalue weighted by molar-refractivity contribution is -0.219. The molecule has 6 N–H and O–H groups in total. The zero-order valence-electron chi connectivity index (χ0n) is 15.1. The number of rotatable bonds is 5. The molecule has 0 aromatic rings. The molecule has 1 aliphatic carbocycles. The Labute approximate surface area is 152 Å². The molecule has 3 rings (SSSR count). The number of ether oxygens (including phenoxy) is 3. The van der Waals surface area contributed by atoms with Gasteiger partial charge in [0.25, 0.3) is 0 Å². The molecule has 2 saturated heterocycles. The molecule has 2 fully saturated rings. The third-order valence-electron chi connectivity index (χ3n) is 5.26. The molecule has 2 aliphatic heterocycles. The van der Waals surface area contributed by atoms with Crippen molar-refractivity contribution in [1.29, 1.82) is 0 Å². The van der Waals surface area contributed by atoms with Crippen LogP contribution >= 0.6 is 0 Å². The van der Waals surface area contributed by atoms with Gasteiger partial charge in [0.15, 0.2) is 12.1 Å². The molecule has 26 heavy (non-hydrogen) atoms. The van der Waals surface area contributed by atoms with Gasteiger partial charge in [0.05, 0.1) is 18.7 Å². The maximum Gasteiger partial charge on any atom is 0.189 e. The van der Waals surface area contributed by atoms with Crippen LogP contribution in [0.3, 0.4) is 0 Å². The summed E-state index contributed by atoms with van der Waals surface area (Å²) in [6.45, 7) is 4.83. The third-order valence-corrected chi connectivity index (χ3v) is 5.26. The standard InChI is InChI=1S/C17H29NO8/c1-4-7-5-8(12(22)13(23)11(7)21)18-10-14(9(20)6-19)24-16-15(10)25-17(2,3)26-16/h5,8-16,18-23H,4,6H2,1-3H3. The van der Waals surface area contributed by atoms with Crippen LogP contribution in [0.25, 0.3) is 0 Å². The molecule has 9 atom stereocenters. The van der Waals surface area contributed by atoms with Gasteiger partial charge in [-0.2, -0.15) is 0 Å². The molecule has 150 valence electrons. The first-order valence-electron chi connectivity index (χ1n) is 8.99. The van der Waals surface area contributed by atoms with Crippen molar-refractivity contribution in [3.05, 3.63) is 11.6 Å². The molecule has 9 heteroatoms. The van der Waals surface area contributed by atoms with Crippen molar-refractivity contribution in [2.24, 2.45) is 0 Å². The molecule has 9 unspecified atom stereocenters. The van der Waals surface area contributed by atoms with E-state index in [0.717, 1.165) is 0 Å². The number of aliphatic hydroxyl groups is 5. The lowest BCUT2D eigenvalue weighted by Crippen LogP contribution is -2.60. The molecular formula is C17H29NO8. The molecule has 0 bridgehead atoms. The zero-order valence-corrected chi connectivity index (χ0v) is 15.1. The predicted molar refractivity (Wildman–Crippen MR) is 88.9 cm³/mol. The molecule has 0 amide bonds. The van der Waals surface area contributed by atoms with E-state index in [4.69, 9.17) is 14.2 Å². The minimum absolute atomic E-state index is 0.504. The summed E-state index contributed by atoms with van der Waals surface area (Å²) in [6.07, 6.45) is -4.77. The summed E-state index contributed by atoms with van der Waals surface area (Å²) in [4.78, 5) is 0. The van der Waals surface area contributed by atoms with Crippen molar-refractivity contribution in [3.8, 4) is 0 Å². The highest BCUT2D eigenvalue weighted by Gasteiger charge is 2.57. The second-order valence-electron chi connectivity index (χ2n) is 7.56. The van der Waals surface area contributed by atoms with E-state index in [2.05, 4.69) is 5.32 Å². The Hall–Kier alpha value is -0.620. The van der Waals surface area contributed by atoms with Gasteiger partial charge >= 0.3 is 0 Å².